The first-order chi connectivity index (χ1) is 10.7. The van der Waals surface area contributed by atoms with Gasteiger partial charge in [-0.2, -0.15) is 0 Å². The number of aromatic nitrogens is 3. The number of nitrogens with zero attached hydrogens (tertiary/aromatic N) is 4. The van der Waals surface area contributed by atoms with E-state index in [9.17, 15) is 14.4 Å². The molecule has 2 heterocycles. The standard InChI is InChI=1S/C16H22N4O3/c1-10(2)6-7-18(3)14(21)11-8-12-13(17-9-11)19(4)16(23)20(5)15(12)22/h8-10H,6-7H2,1-5H3. The Hall–Kier alpha value is -2.44. The summed E-state index contributed by atoms with van der Waals surface area (Å²) in [6, 6.07) is 1.51. The Morgan fingerprint density at radius 1 is 1.26 bits per heavy atom. The lowest BCUT2D eigenvalue weighted by Crippen LogP contribution is -2.37. The Bertz CT molecular complexity index is 864. The quantitative estimate of drug-likeness (QED) is 0.833. The highest BCUT2D eigenvalue weighted by atomic mass is 16.2. The summed E-state index contributed by atoms with van der Waals surface area (Å²) in [4.78, 5) is 42.4. The van der Waals surface area contributed by atoms with Gasteiger partial charge in [0.05, 0.1) is 10.9 Å². The van der Waals surface area contributed by atoms with Gasteiger partial charge in [-0.25, -0.2) is 9.78 Å². The van der Waals surface area contributed by atoms with Gasteiger partial charge in [0.15, 0.2) is 0 Å². The van der Waals surface area contributed by atoms with Crippen LogP contribution in [0.1, 0.15) is 30.6 Å². The van der Waals surface area contributed by atoms with Crippen molar-refractivity contribution in [1.29, 1.82) is 0 Å². The van der Waals surface area contributed by atoms with Crippen molar-refractivity contribution in [2.75, 3.05) is 13.6 Å². The zero-order valence-electron chi connectivity index (χ0n) is 14.2. The van der Waals surface area contributed by atoms with Crippen LogP contribution < -0.4 is 11.2 Å². The molecule has 2 rings (SSSR count). The van der Waals surface area contributed by atoms with Gasteiger partial charge < -0.3 is 4.90 Å². The molecule has 2 aromatic rings. The van der Waals surface area contributed by atoms with Crippen molar-refractivity contribution in [3.8, 4) is 0 Å². The third-order valence-electron chi connectivity index (χ3n) is 3.93. The molecule has 0 radical (unpaired) electrons. The van der Waals surface area contributed by atoms with Crippen LogP contribution in [0.15, 0.2) is 21.9 Å². The van der Waals surface area contributed by atoms with Gasteiger partial charge in [0.1, 0.15) is 5.65 Å². The number of fused-ring (bicyclic) bond motifs is 1. The number of amides is 1. The predicted octanol–water partition coefficient (Wildman–Crippen LogP) is 0.750. The number of pyridine rings is 1. The minimum absolute atomic E-state index is 0.184. The van der Waals surface area contributed by atoms with Gasteiger partial charge in [-0.3, -0.25) is 18.7 Å². The minimum Gasteiger partial charge on any atom is -0.342 e. The fourth-order valence-corrected chi connectivity index (χ4v) is 2.36. The van der Waals surface area contributed by atoms with E-state index in [-0.39, 0.29) is 16.9 Å². The van der Waals surface area contributed by atoms with Gasteiger partial charge in [-0.05, 0) is 18.4 Å². The first-order valence-electron chi connectivity index (χ1n) is 7.55. The average molecular weight is 318 g/mol. The van der Waals surface area contributed by atoms with E-state index in [2.05, 4.69) is 18.8 Å². The fourth-order valence-electron chi connectivity index (χ4n) is 2.36. The van der Waals surface area contributed by atoms with E-state index < -0.39 is 11.2 Å². The van der Waals surface area contributed by atoms with Gasteiger partial charge in [0.25, 0.3) is 11.5 Å². The molecular weight excluding hydrogens is 296 g/mol. The molecule has 0 aliphatic heterocycles. The Morgan fingerprint density at radius 2 is 1.91 bits per heavy atom. The molecule has 0 saturated carbocycles. The summed E-state index contributed by atoms with van der Waals surface area (Å²) < 4.78 is 2.31. The average Bonchev–Trinajstić information content (AvgIpc) is 2.54. The molecule has 0 aliphatic carbocycles. The summed E-state index contributed by atoms with van der Waals surface area (Å²) in [7, 11) is 4.69. The number of rotatable bonds is 4. The second-order valence-corrected chi connectivity index (χ2v) is 6.21. The fraction of sp³-hybridized carbons (Fsp3) is 0.500. The number of aryl methyl sites for hydroxylation is 1. The normalized spacial score (nSPS) is 11.2. The smallest absolute Gasteiger partial charge is 0.332 e. The summed E-state index contributed by atoms with van der Waals surface area (Å²) >= 11 is 0. The molecule has 124 valence electrons. The predicted molar refractivity (Wildman–Crippen MR) is 88.6 cm³/mol. The van der Waals surface area contributed by atoms with Gasteiger partial charge in [-0.15, -0.1) is 0 Å². The molecule has 0 aromatic carbocycles. The lowest BCUT2D eigenvalue weighted by Gasteiger charge is -2.18. The van der Waals surface area contributed by atoms with Gasteiger partial charge >= 0.3 is 5.69 Å². The molecule has 0 bridgehead atoms. The SMILES string of the molecule is CC(C)CCN(C)C(=O)c1cnc2c(c1)c(=O)n(C)c(=O)n2C. The summed E-state index contributed by atoms with van der Waals surface area (Å²) in [6.07, 6.45) is 2.31. The van der Waals surface area contributed by atoms with Crippen LogP contribution in [0, 0.1) is 5.92 Å². The molecule has 23 heavy (non-hydrogen) atoms. The van der Waals surface area contributed by atoms with E-state index in [4.69, 9.17) is 0 Å². The van der Waals surface area contributed by atoms with Crippen LogP contribution in [0.4, 0.5) is 0 Å². The van der Waals surface area contributed by atoms with Crippen molar-refractivity contribution in [3.05, 3.63) is 38.7 Å². The molecule has 1 amide bonds. The summed E-state index contributed by atoms with van der Waals surface area (Å²) in [5.74, 6) is 0.317. The van der Waals surface area contributed by atoms with E-state index in [0.29, 0.717) is 18.0 Å². The van der Waals surface area contributed by atoms with Crippen molar-refractivity contribution >= 4 is 16.9 Å². The third-order valence-corrected chi connectivity index (χ3v) is 3.93. The van der Waals surface area contributed by atoms with E-state index >= 15 is 0 Å². The van der Waals surface area contributed by atoms with Gasteiger partial charge in [-0.1, -0.05) is 13.8 Å². The summed E-state index contributed by atoms with van der Waals surface area (Å²) in [5.41, 5.74) is -0.266. The largest absolute Gasteiger partial charge is 0.342 e. The Kier molecular flexibility index (Phi) is 4.68. The molecule has 0 saturated heterocycles. The number of carbonyl (C=O) groups is 1. The number of carbonyl (C=O) groups excluding carboxylic acids is 1. The van der Waals surface area contributed by atoms with Crippen molar-refractivity contribution < 1.29 is 4.79 Å². The molecule has 0 atom stereocenters. The highest BCUT2D eigenvalue weighted by Crippen LogP contribution is 2.10. The molecule has 0 aliphatic rings. The highest BCUT2D eigenvalue weighted by molar-refractivity contribution is 5.96. The van der Waals surface area contributed by atoms with Crippen LogP contribution in [0.2, 0.25) is 0 Å². The monoisotopic (exact) mass is 318 g/mol. The minimum atomic E-state index is -0.449. The second-order valence-electron chi connectivity index (χ2n) is 6.21. The van der Waals surface area contributed by atoms with Gasteiger partial charge in [0.2, 0.25) is 0 Å². The second kappa shape index (κ2) is 6.36. The Balaban J connectivity index is 2.47. The molecule has 0 spiro atoms. The van der Waals surface area contributed by atoms with Crippen molar-refractivity contribution in [2.45, 2.75) is 20.3 Å². The van der Waals surface area contributed by atoms with Crippen LogP contribution >= 0.6 is 0 Å². The van der Waals surface area contributed by atoms with E-state index in [1.165, 1.54) is 23.9 Å². The number of hydrogen-bond donors (Lipinski definition) is 0. The first-order valence-corrected chi connectivity index (χ1v) is 7.55. The van der Waals surface area contributed by atoms with Gasteiger partial charge in [0, 0.05) is 33.9 Å². The molecule has 0 unspecified atom stereocenters. The first kappa shape index (κ1) is 16.9. The lowest BCUT2D eigenvalue weighted by atomic mass is 10.1. The molecule has 7 heteroatoms. The maximum Gasteiger partial charge on any atom is 0.332 e. The van der Waals surface area contributed by atoms with Crippen LogP contribution in [0.25, 0.3) is 11.0 Å². The molecule has 0 N–H and O–H groups in total. The maximum absolute atomic E-state index is 12.5. The highest BCUT2D eigenvalue weighted by Gasteiger charge is 2.16. The topological polar surface area (TPSA) is 77.2 Å². The zero-order valence-corrected chi connectivity index (χ0v) is 14.2. The summed E-state index contributed by atoms with van der Waals surface area (Å²) in [5, 5.41) is 0.262. The molecule has 0 fully saturated rings. The Labute approximate surface area is 134 Å². The van der Waals surface area contributed by atoms with E-state index in [1.54, 1.807) is 19.0 Å². The molecule has 7 nitrogen and oxygen atoms in total. The maximum atomic E-state index is 12.5. The molecular formula is C16H22N4O3. The van der Waals surface area contributed by atoms with Crippen LogP contribution in [0.3, 0.4) is 0 Å². The Morgan fingerprint density at radius 3 is 2.52 bits per heavy atom. The van der Waals surface area contributed by atoms with E-state index in [0.717, 1.165) is 11.0 Å². The van der Waals surface area contributed by atoms with Crippen molar-refractivity contribution in [3.63, 3.8) is 0 Å². The third kappa shape index (κ3) is 3.18. The lowest BCUT2D eigenvalue weighted by molar-refractivity contribution is 0.0789. The van der Waals surface area contributed by atoms with Crippen molar-refractivity contribution in [2.24, 2.45) is 20.0 Å². The van der Waals surface area contributed by atoms with Crippen molar-refractivity contribution in [1.82, 2.24) is 19.0 Å². The van der Waals surface area contributed by atoms with E-state index in [1.807, 2.05) is 0 Å². The summed E-state index contributed by atoms with van der Waals surface area (Å²) in [6.45, 7) is 4.83. The molecule has 2 aromatic heterocycles. The van der Waals surface area contributed by atoms with Crippen LogP contribution in [-0.2, 0) is 14.1 Å². The van der Waals surface area contributed by atoms with Crippen LogP contribution in [-0.4, -0.2) is 38.5 Å². The van der Waals surface area contributed by atoms with Crippen LogP contribution in [0.5, 0.6) is 0 Å². The number of hydrogen-bond acceptors (Lipinski definition) is 4. The zero-order chi connectivity index (χ0) is 17.3.